The van der Waals surface area contributed by atoms with E-state index in [9.17, 15) is 9.90 Å². The molecule has 1 aromatic heterocycles. The van der Waals surface area contributed by atoms with E-state index in [-0.39, 0.29) is 5.69 Å². The van der Waals surface area contributed by atoms with Gasteiger partial charge in [0.2, 0.25) is 0 Å². The molecule has 0 aliphatic heterocycles. The zero-order valence-corrected chi connectivity index (χ0v) is 11.6. The van der Waals surface area contributed by atoms with Gasteiger partial charge in [0.25, 0.3) is 0 Å². The van der Waals surface area contributed by atoms with E-state index in [4.69, 9.17) is 5.11 Å². The van der Waals surface area contributed by atoms with Crippen molar-refractivity contribution in [2.45, 2.75) is 39.2 Å². The molecule has 0 radical (unpaired) electrons. The molecular weight excluding hydrogens is 246 g/mol. The molecule has 6 nitrogen and oxygen atoms in total. The Balaban J connectivity index is 2.49. The van der Waals surface area contributed by atoms with Crippen LogP contribution in [0.5, 0.6) is 0 Å². The quantitative estimate of drug-likeness (QED) is 0.697. The molecule has 0 saturated heterocycles. The second-order valence-electron chi connectivity index (χ2n) is 5.38. The molecule has 0 spiro atoms. The third kappa shape index (κ3) is 5.65. The lowest BCUT2D eigenvalue weighted by molar-refractivity contribution is 0.0584. The first-order chi connectivity index (χ1) is 8.80. The van der Waals surface area contributed by atoms with Gasteiger partial charge < -0.3 is 15.5 Å². The van der Waals surface area contributed by atoms with Gasteiger partial charge in [0.1, 0.15) is 5.82 Å². The molecule has 0 bridgehead atoms. The predicted molar refractivity (Wildman–Crippen MR) is 72.2 cm³/mol. The standard InChI is InChI=1S/C13H21N3O3/c1-9(2)4-5-13(3,19)8-16-11-7-14-10(6-15-11)12(17)18/h6-7,9,19H,4-5,8H2,1-3H3,(H,15,16)(H,17,18). The maximum Gasteiger partial charge on any atom is 0.356 e. The zero-order chi connectivity index (χ0) is 14.5. The monoisotopic (exact) mass is 267 g/mol. The normalized spacial score (nSPS) is 14.2. The van der Waals surface area contributed by atoms with E-state index >= 15 is 0 Å². The number of nitrogens with zero attached hydrogens (tertiary/aromatic N) is 2. The fraction of sp³-hybridized carbons (Fsp3) is 0.615. The minimum Gasteiger partial charge on any atom is -0.476 e. The van der Waals surface area contributed by atoms with Crippen molar-refractivity contribution in [3.63, 3.8) is 0 Å². The zero-order valence-electron chi connectivity index (χ0n) is 11.6. The number of rotatable bonds is 7. The summed E-state index contributed by atoms with van der Waals surface area (Å²) in [5.41, 5.74) is -0.922. The topological polar surface area (TPSA) is 95.3 Å². The molecule has 0 aliphatic rings. The minimum absolute atomic E-state index is 0.0999. The Morgan fingerprint density at radius 3 is 2.58 bits per heavy atom. The molecule has 106 valence electrons. The molecule has 1 heterocycles. The first-order valence-corrected chi connectivity index (χ1v) is 6.32. The number of aliphatic hydroxyl groups is 1. The lowest BCUT2D eigenvalue weighted by Gasteiger charge is -2.24. The summed E-state index contributed by atoms with van der Waals surface area (Å²) in [6.07, 6.45) is 4.17. The van der Waals surface area contributed by atoms with Crippen LogP contribution in [0.1, 0.15) is 44.1 Å². The van der Waals surface area contributed by atoms with Crippen LogP contribution in [0, 0.1) is 5.92 Å². The van der Waals surface area contributed by atoms with Crippen LogP contribution in [-0.2, 0) is 0 Å². The Morgan fingerprint density at radius 1 is 1.42 bits per heavy atom. The molecule has 19 heavy (non-hydrogen) atoms. The summed E-state index contributed by atoms with van der Waals surface area (Å²) in [7, 11) is 0. The highest BCUT2D eigenvalue weighted by Crippen LogP contribution is 2.16. The number of aromatic carboxylic acids is 1. The Bertz CT molecular complexity index is 416. The Morgan fingerprint density at radius 2 is 2.11 bits per heavy atom. The second kappa shape index (κ2) is 6.47. The van der Waals surface area contributed by atoms with Crippen LogP contribution < -0.4 is 5.32 Å². The number of nitrogens with one attached hydrogen (secondary N) is 1. The number of hydrogen-bond acceptors (Lipinski definition) is 5. The van der Waals surface area contributed by atoms with E-state index in [0.29, 0.717) is 24.7 Å². The Labute approximate surface area is 112 Å². The van der Waals surface area contributed by atoms with Gasteiger partial charge in [-0.1, -0.05) is 13.8 Å². The summed E-state index contributed by atoms with van der Waals surface area (Å²) in [4.78, 5) is 18.3. The van der Waals surface area contributed by atoms with E-state index in [1.165, 1.54) is 12.4 Å². The van der Waals surface area contributed by atoms with Crippen molar-refractivity contribution >= 4 is 11.8 Å². The van der Waals surface area contributed by atoms with Crippen molar-refractivity contribution in [1.29, 1.82) is 0 Å². The molecule has 1 unspecified atom stereocenters. The molecule has 1 rings (SSSR count). The van der Waals surface area contributed by atoms with Crippen molar-refractivity contribution in [2.75, 3.05) is 11.9 Å². The van der Waals surface area contributed by atoms with Crippen molar-refractivity contribution in [1.82, 2.24) is 9.97 Å². The third-order valence-corrected chi connectivity index (χ3v) is 2.78. The van der Waals surface area contributed by atoms with Crippen LogP contribution in [-0.4, -0.2) is 38.3 Å². The SMILES string of the molecule is CC(C)CCC(C)(O)CNc1cnc(C(=O)O)cn1. The van der Waals surface area contributed by atoms with E-state index in [2.05, 4.69) is 29.1 Å². The number of hydrogen-bond donors (Lipinski definition) is 3. The fourth-order valence-corrected chi connectivity index (χ4v) is 1.50. The number of carboxylic acids is 1. The maximum atomic E-state index is 10.6. The van der Waals surface area contributed by atoms with Gasteiger partial charge in [-0.2, -0.15) is 0 Å². The van der Waals surface area contributed by atoms with Crippen LogP contribution in [0.2, 0.25) is 0 Å². The number of carboxylic acid groups (broad SMARTS) is 1. The highest BCUT2D eigenvalue weighted by molar-refractivity contribution is 5.84. The lowest BCUT2D eigenvalue weighted by atomic mass is 9.95. The summed E-state index contributed by atoms with van der Waals surface area (Å²) >= 11 is 0. The van der Waals surface area contributed by atoms with Crippen LogP contribution in [0.25, 0.3) is 0 Å². The van der Waals surface area contributed by atoms with Crippen LogP contribution in [0.4, 0.5) is 5.82 Å². The summed E-state index contributed by atoms with van der Waals surface area (Å²) < 4.78 is 0. The third-order valence-electron chi connectivity index (χ3n) is 2.78. The van der Waals surface area contributed by atoms with Gasteiger partial charge in [0, 0.05) is 6.54 Å². The molecule has 0 aliphatic carbocycles. The summed E-state index contributed by atoms with van der Waals surface area (Å²) in [6, 6.07) is 0. The highest BCUT2D eigenvalue weighted by Gasteiger charge is 2.20. The molecule has 0 saturated carbocycles. The van der Waals surface area contributed by atoms with Gasteiger partial charge in [-0.05, 0) is 25.7 Å². The molecule has 3 N–H and O–H groups in total. The van der Waals surface area contributed by atoms with Crippen LogP contribution in [0.15, 0.2) is 12.4 Å². The summed E-state index contributed by atoms with van der Waals surface area (Å²) in [5, 5.41) is 21.8. The largest absolute Gasteiger partial charge is 0.476 e. The Kier molecular flexibility index (Phi) is 5.23. The van der Waals surface area contributed by atoms with Gasteiger partial charge >= 0.3 is 5.97 Å². The average Bonchev–Trinajstić information content (AvgIpc) is 2.35. The molecule has 6 heteroatoms. The first-order valence-electron chi connectivity index (χ1n) is 6.32. The van der Waals surface area contributed by atoms with Gasteiger partial charge in [0.15, 0.2) is 5.69 Å². The highest BCUT2D eigenvalue weighted by atomic mass is 16.4. The van der Waals surface area contributed by atoms with Gasteiger partial charge in [-0.3, -0.25) is 0 Å². The number of anilines is 1. The summed E-state index contributed by atoms with van der Waals surface area (Å²) in [6.45, 7) is 6.33. The van der Waals surface area contributed by atoms with Crippen molar-refractivity contribution < 1.29 is 15.0 Å². The van der Waals surface area contributed by atoms with E-state index < -0.39 is 11.6 Å². The average molecular weight is 267 g/mol. The molecule has 1 aromatic rings. The predicted octanol–water partition coefficient (Wildman–Crippen LogP) is 1.77. The molecule has 1 atom stereocenters. The van der Waals surface area contributed by atoms with Crippen LogP contribution >= 0.6 is 0 Å². The van der Waals surface area contributed by atoms with E-state index in [1.807, 2.05) is 0 Å². The smallest absolute Gasteiger partial charge is 0.356 e. The molecular formula is C13H21N3O3. The molecule has 0 fully saturated rings. The molecule has 0 amide bonds. The fourth-order valence-electron chi connectivity index (χ4n) is 1.50. The van der Waals surface area contributed by atoms with E-state index in [0.717, 1.165) is 6.42 Å². The van der Waals surface area contributed by atoms with Crippen LogP contribution in [0.3, 0.4) is 0 Å². The van der Waals surface area contributed by atoms with Gasteiger partial charge in [-0.15, -0.1) is 0 Å². The minimum atomic E-state index is -1.11. The second-order valence-corrected chi connectivity index (χ2v) is 5.38. The lowest BCUT2D eigenvalue weighted by Crippen LogP contribution is -2.34. The molecule has 0 aromatic carbocycles. The van der Waals surface area contributed by atoms with Crippen molar-refractivity contribution in [3.05, 3.63) is 18.1 Å². The maximum absolute atomic E-state index is 10.6. The van der Waals surface area contributed by atoms with Gasteiger partial charge in [-0.25, -0.2) is 14.8 Å². The van der Waals surface area contributed by atoms with Crippen molar-refractivity contribution in [2.24, 2.45) is 5.92 Å². The van der Waals surface area contributed by atoms with Crippen molar-refractivity contribution in [3.8, 4) is 0 Å². The van der Waals surface area contributed by atoms with Gasteiger partial charge in [0.05, 0.1) is 18.0 Å². The number of aromatic nitrogens is 2. The van der Waals surface area contributed by atoms with E-state index in [1.54, 1.807) is 6.92 Å². The summed E-state index contributed by atoms with van der Waals surface area (Å²) in [5.74, 6) is -0.112. The Hall–Kier alpha value is -1.69. The number of carbonyl (C=O) groups is 1. The first kappa shape index (κ1) is 15.4.